The van der Waals surface area contributed by atoms with Gasteiger partial charge < -0.3 is 16.2 Å². The zero-order chi connectivity index (χ0) is 14.4. The van der Waals surface area contributed by atoms with Crippen LogP contribution in [0.25, 0.3) is 10.8 Å². The Morgan fingerprint density at radius 2 is 2.10 bits per heavy atom. The summed E-state index contributed by atoms with van der Waals surface area (Å²) in [6.45, 7) is 2.88. The van der Waals surface area contributed by atoms with Crippen LogP contribution in [0, 0.1) is 0 Å². The lowest BCUT2D eigenvalue weighted by molar-refractivity contribution is 0.274. The Bertz CT molecular complexity index is 539. The molecule has 0 aliphatic rings. The van der Waals surface area contributed by atoms with Crippen LogP contribution in [-0.2, 0) is 0 Å². The van der Waals surface area contributed by atoms with Crippen molar-refractivity contribution in [3.63, 3.8) is 0 Å². The third-order valence-corrected chi connectivity index (χ3v) is 3.59. The predicted octanol–water partition coefficient (Wildman–Crippen LogP) is 1.99. The van der Waals surface area contributed by atoms with E-state index in [1.807, 2.05) is 24.5 Å². The van der Waals surface area contributed by atoms with Gasteiger partial charge in [-0.25, -0.2) is 0 Å². The summed E-state index contributed by atoms with van der Waals surface area (Å²) >= 11 is 0. The van der Waals surface area contributed by atoms with E-state index in [1.165, 1.54) is 5.39 Å². The maximum atomic E-state index is 8.90. The number of aromatic nitrogens is 1. The van der Waals surface area contributed by atoms with Crippen LogP contribution in [0.5, 0.6) is 0 Å². The summed E-state index contributed by atoms with van der Waals surface area (Å²) in [4.78, 5) is 4.32. The number of aliphatic hydroxyl groups excluding tert-OH is 1. The molecule has 4 nitrogen and oxygen atoms in total. The number of benzene rings is 1. The highest BCUT2D eigenvalue weighted by atomic mass is 16.2. The minimum absolute atomic E-state index is 0.0855. The van der Waals surface area contributed by atoms with Gasteiger partial charge in [0, 0.05) is 43.0 Å². The zero-order valence-corrected chi connectivity index (χ0v) is 11.9. The molecule has 2 rings (SSSR count). The van der Waals surface area contributed by atoms with Gasteiger partial charge in [0.25, 0.3) is 0 Å². The molecule has 0 aliphatic heterocycles. The van der Waals surface area contributed by atoms with Gasteiger partial charge in [-0.05, 0) is 30.7 Å². The molecule has 0 radical (unpaired) electrons. The van der Waals surface area contributed by atoms with Gasteiger partial charge in [0.2, 0.25) is 0 Å². The van der Waals surface area contributed by atoms with Gasteiger partial charge in [0.15, 0.2) is 0 Å². The van der Waals surface area contributed by atoms with Gasteiger partial charge in [0.1, 0.15) is 0 Å². The van der Waals surface area contributed by atoms with Crippen molar-refractivity contribution in [2.75, 3.05) is 13.2 Å². The number of hydrogen-bond acceptors (Lipinski definition) is 4. The smallest absolute Gasteiger partial charge is 0.0468 e. The lowest BCUT2D eigenvalue weighted by Gasteiger charge is -2.23. The number of nitrogens with zero attached hydrogens (tertiary/aromatic N) is 1. The van der Waals surface area contributed by atoms with Crippen molar-refractivity contribution < 1.29 is 5.11 Å². The van der Waals surface area contributed by atoms with Crippen LogP contribution in [-0.4, -0.2) is 29.3 Å². The molecular weight excluding hydrogens is 250 g/mol. The molecule has 1 aromatic carbocycles. The van der Waals surface area contributed by atoms with E-state index in [0.717, 1.165) is 23.8 Å². The Labute approximate surface area is 120 Å². The highest BCUT2D eigenvalue weighted by Crippen LogP contribution is 2.23. The topological polar surface area (TPSA) is 71.2 Å². The third-order valence-electron chi connectivity index (χ3n) is 3.59. The number of rotatable bonds is 7. The van der Waals surface area contributed by atoms with E-state index in [0.29, 0.717) is 12.6 Å². The largest absolute Gasteiger partial charge is 0.396 e. The van der Waals surface area contributed by atoms with E-state index in [-0.39, 0.29) is 12.6 Å². The lowest BCUT2D eigenvalue weighted by Crippen LogP contribution is -2.35. The Morgan fingerprint density at radius 1 is 1.30 bits per heavy atom. The van der Waals surface area contributed by atoms with Crippen molar-refractivity contribution in [3.05, 3.63) is 42.2 Å². The molecule has 0 saturated heterocycles. The number of pyridine rings is 1. The van der Waals surface area contributed by atoms with Crippen LogP contribution >= 0.6 is 0 Å². The van der Waals surface area contributed by atoms with Gasteiger partial charge in [-0.2, -0.15) is 0 Å². The third kappa shape index (κ3) is 3.54. The summed E-state index contributed by atoms with van der Waals surface area (Å²) in [5, 5.41) is 14.8. The fourth-order valence-corrected chi connectivity index (χ4v) is 2.53. The van der Waals surface area contributed by atoms with Gasteiger partial charge in [-0.15, -0.1) is 0 Å². The molecule has 0 fully saturated rings. The Morgan fingerprint density at radius 3 is 2.85 bits per heavy atom. The second-order valence-corrected chi connectivity index (χ2v) is 5.17. The molecule has 2 aromatic rings. The summed E-state index contributed by atoms with van der Waals surface area (Å²) in [7, 11) is 0. The van der Waals surface area contributed by atoms with Crippen LogP contribution in [0.1, 0.15) is 31.4 Å². The Balaban J connectivity index is 2.21. The quantitative estimate of drug-likeness (QED) is 0.721. The lowest BCUT2D eigenvalue weighted by atomic mass is 10.0. The number of aliphatic hydroxyl groups is 1. The average Bonchev–Trinajstić information content (AvgIpc) is 2.50. The molecule has 20 heavy (non-hydrogen) atoms. The van der Waals surface area contributed by atoms with Crippen molar-refractivity contribution in [2.45, 2.75) is 31.8 Å². The van der Waals surface area contributed by atoms with E-state index in [9.17, 15) is 0 Å². The van der Waals surface area contributed by atoms with Gasteiger partial charge in [0.05, 0.1) is 0 Å². The fourth-order valence-electron chi connectivity index (χ4n) is 2.53. The number of nitrogens with one attached hydrogen (secondary N) is 1. The normalized spacial score (nSPS) is 14.3. The van der Waals surface area contributed by atoms with E-state index in [1.54, 1.807) is 0 Å². The molecule has 0 saturated carbocycles. The summed E-state index contributed by atoms with van der Waals surface area (Å²) in [5.74, 6) is 0. The molecule has 1 heterocycles. The van der Waals surface area contributed by atoms with Crippen LogP contribution in [0.15, 0.2) is 36.7 Å². The maximum Gasteiger partial charge on any atom is 0.0468 e. The summed E-state index contributed by atoms with van der Waals surface area (Å²) < 4.78 is 0. The van der Waals surface area contributed by atoms with Crippen molar-refractivity contribution >= 4 is 10.8 Å². The first-order valence-corrected chi connectivity index (χ1v) is 7.16. The van der Waals surface area contributed by atoms with Gasteiger partial charge in [-0.1, -0.05) is 24.3 Å². The SMILES string of the molecule is CC(CCCO)NC(CN)c1cncc2ccccc12. The average molecular weight is 273 g/mol. The van der Waals surface area contributed by atoms with Crippen LogP contribution < -0.4 is 11.1 Å². The molecular formula is C16H23N3O. The van der Waals surface area contributed by atoms with Crippen molar-refractivity contribution in [1.82, 2.24) is 10.3 Å². The number of nitrogens with two attached hydrogens (primary N) is 1. The second-order valence-electron chi connectivity index (χ2n) is 5.17. The first-order valence-electron chi connectivity index (χ1n) is 7.16. The van der Waals surface area contributed by atoms with E-state index in [4.69, 9.17) is 10.8 Å². The minimum Gasteiger partial charge on any atom is -0.396 e. The second kappa shape index (κ2) is 7.33. The molecule has 1 aromatic heterocycles. The first-order chi connectivity index (χ1) is 9.76. The van der Waals surface area contributed by atoms with E-state index < -0.39 is 0 Å². The highest BCUT2D eigenvalue weighted by Gasteiger charge is 2.15. The number of fused-ring (bicyclic) bond motifs is 1. The fraction of sp³-hybridized carbons (Fsp3) is 0.438. The predicted molar refractivity (Wildman–Crippen MR) is 82.5 cm³/mol. The van der Waals surface area contributed by atoms with E-state index in [2.05, 4.69) is 29.4 Å². The van der Waals surface area contributed by atoms with Crippen LogP contribution in [0.2, 0.25) is 0 Å². The molecule has 0 bridgehead atoms. The standard InChI is InChI=1S/C16H23N3O/c1-12(5-4-8-20)19-16(9-17)15-11-18-10-13-6-2-3-7-14(13)15/h2-3,6-7,10-12,16,19-20H,4-5,8-9,17H2,1H3. The number of hydrogen-bond donors (Lipinski definition) is 3. The van der Waals surface area contributed by atoms with Crippen LogP contribution in [0.3, 0.4) is 0 Å². The molecule has 2 unspecified atom stereocenters. The summed E-state index contributed by atoms with van der Waals surface area (Å²) in [6.07, 6.45) is 5.51. The van der Waals surface area contributed by atoms with E-state index >= 15 is 0 Å². The highest BCUT2D eigenvalue weighted by molar-refractivity contribution is 5.85. The molecule has 4 heteroatoms. The van der Waals surface area contributed by atoms with Crippen LogP contribution in [0.4, 0.5) is 0 Å². The van der Waals surface area contributed by atoms with Crippen molar-refractivity contribution in [2.24, 2.45) is 5.73 Å². The van der Waals surface area contributed by atoms with Gasteiger partial charge >= 0.3 is 0 Å². The Hall–Kier alpha value is -1.49. The zero-order valence-electron chi connectivity index (χ0n) is 11.9. The van der Waals surface area contributed by atoms with Crippen molar-refractivity contribution in [1.29, 1.82) is 0 Å². The molecule has 2 atom stereocenters. The maximum absolute atomic E-state index is 8.90. The molecule has 0 spiro atoms. The molecule has 108 valence electrons. The monoisotopic (exact) mass is 273 g/mol. The van der Waals surface area contributed by atoms with Crippen molar-refractivity contribution in [3.8, 4) is 0 Å². The molecule has 0 aliphatic carbocycles. The summed E-state index contributed by atoms with van der Waals surface area (Å²) in [5.41, 5.74) is 7.07. The van der Waals surface area contributed by atoms with Gasteiger partial charge in [-0.3, -0.25) is 4.98 Å². The Kier molecular flexibility index (Phi) is 5.47. The first kappa shape index (κ1) is 14.9. The summed E-state index contributed by atoms with van der Waals surface area (Å²) in [6, 6.07) is 8.62. The molecule has 4 N–H and O–H groups in total. The molecule has 0 amide bonds. The minimum atomic E-state index is 0.0855.